The number of carbonyl (C=O) groups is 1. The Kier molecular flexibility index (Phi) is 6.17. The van der Waals surface area contributed by atoms with Gasteiger partial charge in [0, 0.05) is 5.41 Å². The second kappa shape index (κ2) is 9.81. The number of hydrogen-bond donors (Lipinski definition) is 2. The van der Waals surface area contributed by atoms with E-state index in [2.05, 4.69) is 35.1 Å². The molecule has 4 aromatic rings. The molecule has 0 saturated heterocycles. The molecule has 8 nitrogen and oxygen atoms in total. The van der Waals surface area contributed by atoms with E-state index in [0.29, 0.717) is 18.4 Å². The lowest BCUT2D eigenvalue weighted by atomic mass is 9.45. The number of allylic oxidation sites excluding steroid dienone is 1. The van der Waals surface area contributed by atoms with Crippen LogP contribution in [-0.2, 0) is 11.2 Å². The van der Waals surface area contributed by atoms with Crippen LogP contribution in [0.15, 0.2) is 72.6 Å². The molecule has 0 spiro atoms. The summed E-state index contributed by atoms with van der Waals surface area (Å²) >= 11 is 0. The van der Waals surface area contributed by atoms with E-state index in [9.17, 15) is 15.0 Å². The van der Waals surface area contributed by atoms with Crippen LogP contribution in [0.25, 0.3) is 22.8 Å². The van der Waals surface area contributed by atoms with Crippen molar-refractivity contribution in [2.45, 2.75) is 64.1 Å². The van der Waals surface area contributed by atoms with E-state index in [0.717, 1.165) is 42.6 Å². The Morgan fingerprint density at radius 3 is 2.64 bits per heavy atom. The zero-order valence-electron chi connectivity index (χ0n) is 25.2. The Bertz CT molecular complexity index is 1800. The van der Waals surface area contributed by atoms with E-state index in [4.69, 9.17) is 9.84 Å². The van der Waals surface area contributed by atoms with Gasteiger partial charge in [-0.1, -0.05) is 49.8 Å². The Morgan fingerprint density at radius 1 is 1.05 bits per heavy atom. The molecule has 0 unspecified atom stereocenters. The van der Waals surface area contributed by atoms with Gasteiger partial charge in [0.1, 0.15) is 5.60 Å². The summed E-state index contributed by atoms with van der Waals surface area (Å²) in [5, 5.41) is 28.8. The van der Waals surface area contributed by atoms with Crippen molar-refractivity contribution in [3.63, 3.8) is 0 Å². The molecular weight excluding hydrogens is 552 g/mol. The lowest BCUT2D eigenvalue weighted by Crippen LogP contribution is -2.62. The summed E-state index contributed by atoms with van der Waals surface area (Å²) in [7, 11) is 0. The van der Waals surface area contributed by atoms with Crippen molar-refractivity contribution in [1.29, 1.82) is 0 Å². The van der Waals surface area contributed by atoms with Crippen LogP contribution in [0.5, 0.6) is 5.88 Å². The van der Waals surface area contributed by atoms with E-state index in [1.807, 2.05) is 60.3 Å². The number of para-hydroxylation sites is 3. The summed E-state index contributed by atoms with van der Waals surface area (Å²) < 4.78 is 7.83. The Balaban J connectivity index is 1.04. The van der Waals surface area contributed by atoms with Crippen molar-refractivity contribution < 1.29 is 19.7 Å². The number of aliphatic hydroxyl groups is 2. The first-order valence-electron chi connectivity index (χ1n) is 15.8. The largest absolute Gasteiger partial charge is 0.468 e. The van der Waals surface area contributed by atoms with Gasteiger partial charge in [0.2, 0.25) is 11.7 Å². The molecule has 2 heterocycles. The van der Waals surface area contributed by atoms with Crippen LogP contribution >= 0.6 is 0 Å². The predicted octanol–water partition coefficient (Wildman–Crippen LogP) is 5.35. The van der Waals surface area contributed by atoms with E-state index in [-0.39, 0.29) is 41.4 Å². The lowest BCUT2D eigenvalue weighted by Gasteiger charge is -2.60. The van der Waals surface area contributed by atoms with Crippen LogP contribution in [0.3, 0.4) is 0 Å². The molecule has 0 aliphatic heterocycles. The molecule has 2 aromatic carbocycles. The number of nitrogens with zero attached hydrogens (tertiary/aromatic N) is 4. The molecule has 8 rings (SSSR count). The fraction of sp³-hybridized carbons (Fsp3) is 0.444. The summed E-state index contributed by atoms with van der Waals surface area (Å²) in [6.07, 6.45) is 9.40. The number of ketones is 1. The fourth-order valence-corrected chi connectivity index (χ4v) is 9.69. The van der Waals surface area contributed by atoms with Crippen LogP contribution < -0.4 is 4.74 Å². The van der Waals surface area contributed by atoms with Gasteiger partial charge in [-0.3, -0.25) is 4.79 Å². The summed E-state index contributed by atoms with van der Waals surface area (Å²) in [5.74, 6) is 0.315. The zero-order chi connectivity index (χ0) is 30.3. The first-order chi connectivity index (χ1) is 21.2. The summed E-state index contributed by atoms with van der Waals surface area (Å²) in [5.41, 5.74) is 3.68. The Labute approximate surface area is 256 Å². The zero-order valence-corrected chi connectivity index (χ0v) is 25.2. The maximum atomic E-state index is 13.8. The van der Waals surface area contributed by atoms with Gasteiger partial charge >= 0.3 is 0 Å². The molecule has 8 heteroatoms. The van der Waals surface area contributed by atoms with E-state index >= 15 is 0 Å². The normalized spacial score (nSPS) is 34.0. The van der Waals surface area contributed by atoms with Crippen molar-refractivity contribution in [3.05, 3.63) is 83.8 Å². The van der Waals surface area contributed by atoms with Crippen molar-refractivity contribution in [1.82, 2.24) is 19.7 Å². The molecule has 7 atom stereocenters. The lowest BCUT2D eigenvalue weighted by molar-refractivity contribution is -0.180. The highest BCUT2D eigenvalue weighted by Gasteiger charge is 2.68. The number of hydrogen-bond acceptors (Lipinski definition) is 7. The second-order valence-corrected chi connectivity index (χ2v) is 13.9. The van der Waals surface area contributed by atoms with E-state index < -0.39 is 17.1 Å². The average molecular weight is 591 g/mol. The highest BCUT2D eigenvalue weighted by Crippen LogP contribution is 2.67. The number of ether oxygens (including phenoxy) is 1. The quantitative estimate of drug-likeness (QED) is 0.323. The third-order valence-electron chi connectivity index (χ3n) is 11.8. The molecule has 44 heavy (non-hydrogen) atoms. The molecule has 3 saturated carbocycles. The maximum Gasteiger partial charge on any atom is 0.233 e. The number of aliphatic hydroxyl groups excluding tert-OH is 1. The van der Waals surface area contributed by atoms with Gasteiger partial charge in [0.05, 0.1) is 40.9 Å². The SMILES string of the molecule is C[C@]12Cc3cnn(-c4ccccc4)c3C=C1CC[C@@H]1[C@@H]2[C@@H](O)C[C@@]2(C)[C@H]1CC[C@]2(O)C(=O)COc1cnc2ccccc2n1. The minimum absolute atomic E-state index is 0.0513. The van der Waals surface area contributed by atoms with Gasteiger partial charge in [0.25, 0.3) is 0 Å². The molecule has 3 fully saturated rings. The van der Waals surface area contributed by atoms with Gasteiger partial charge < -0.3 is 14.9 Å². The summed E-state index contributed by atoms with van der Waals surface area (Å²) in [4.78, 5) is 22.6. The monoisotopic (exact) mass is 590 g/mol. The third kappa shape index (κ3) is 3.90. The summed E-state index contributed by atoms with van der Waals surface area (Å²) in [6.45, 7) is 4.05. The number of fused-ring (bicyclic) bond motifs is 7. The van der Waals surface area contributed by atoms with Crippen LogP contribution in [0, 0.1) is 28.6 Å². The van der Waals surface area contributed by atoms with Gasteiger partial charge in [-0.15, -0.1) is 0 Å². The van der Waals surface area contributed by atoms with Gasteiger partial charge in [-0.2, -0.15) is 5.10 Å². The van der Waals surface area contributed by atoms with Crippen molar-refractivity contribution >= 4 is 22.9 Å². The molecule has 4 aliphatic carbocycles. The standard InChI is InChI=1S/C36H38N4O4/c1-34-17-22-19-38-40(24-8-4-3-5-9-24)29(22)16-23(34)12-13-25-26-14-15-36(43,35(26,2)18-30(41)33(25)34)31(42)21-44-32-20-37-27-10-6-7-11-28(27)39-32/h3-11,16,19-20,25-26,30,33,41,43H,12-15,17-18,21H2,1-2H3/t25-,26-,30-,33+,34-,35-,36-/m0/s1. The van der Waals surface area contributed by atoms with Crippen molar-refractivity contribution in [2.24, 2.45) is 28.6 Å². The first kappa shape index (κ1) is 27.7. The van der Waals surface area contributed by atoms with Gasteiger partial charge in [-0.25, -0.2) is 14.6 Å². The predicted molar refractivity (Wildman–Crippen MR) is 166 cm³/mol. The second-order valence-electron chi connectivity index (χ2n) is 13.9. The first-order valence-corrected chi connectivity index (χ1v) is 15.8. The van der Waals surface area contributed by atoms with Crippen LogP contribution in [0.4, 0.5) is 0 Å². The minimum Gasteiger partial charge on any atom is -0.468 e. The number of carbonyl (C=O) groups excluding carboxylic acids is 1. The molecular formula is C36H38N4O4. The van der Waals surface area contributed by atoms with Gasteiger partial charge in [0.15, 0.2) is 6.61 Å². The topological polar surface area (TPSA) is 110 Å². The smallest absolute Gasteiger partial charge is 0.233 e. The molecule has 226 valence electrons. The summed E-state index contributed by atoms with van der Waals surface area (Å²) in [6, 6.07) is 17.7. The fourth-order valence-electron chi connectivity index (χ4n) is 9.69. The van der Waals surface area contributed by atoms with Crippen molar-refractivity contribution in [2.75, 3.05) is 6.61 Å². The van der Waals surface area contributed by atoms with E-state index in [1.165, 1.54) is 17.3 Å². The minimum atomic E-state index is -1.57. The van der Waals surface area contributed by atoms with Gasteiger partial charge in [-0.05, 0) is 97.6 Å². The number of Topliss-reactive ketones (excluding diaryl/α,β-unsaturated/α-hetero) is 1. The van der Waals surface area contributed by atoms with Crippen molar-refractivity contribution in [3.8, 4) is 11.6 Å². The number of aromatic nitrogens is 4. The van der Waals surface area contributed by atoms with Crippen LogP contribution in [0.1, 0.15) is 57.2 Å². The molecule has 4 aliphatic rings. The highest BCUT2D eigenvalue weighted by atomic mass is 16.5. The Morgan fingerprint density at radius 2 is 1.82 bits per heavy atom. The average Bonchev–Trinajstić information content (AvgIpc) is 3.55. The molecule has 0 bridgehead atoms. The highest BCUT2D eigenvalue weighted by molar-refractivity contribution is 5.90. The van der Waals surface area contributed by atoms with Crippen LogP contribution in [-0.4, -0.2) is 54.1 Å². The molecule has 0 amide bonds. The number of rotatable bonds is 5. The molecule has 0 radical (unpaired) electrons. The molecule has 2 aromatic heterocycles. The maximum absolute atomic E-state index is 13.8. The van der Waals surface area contributed by atoms with E-state index in [1.54, 1.807) is 0 Å². The molecule has 2 N–H and O–H groups in total. The third-order valence-corrected chi connectivity index (χ3v) is 11.8. The number of benzene rings is 2. The Hall–Kier alpha value is -3.88. The van der Waals surface area contributed by atoms with Crippen LogP contribution in [0.2, 0.25) is 0 Å².